The van der Waals surface area contributed by atoms with Gasteiger partial charge in [0.2, 0.25) is 0 Å². The number of rotatable bonds is 5. The molecule has 2 aromatic rings. The fraction of sp³-hybridized carbons (Fsp3) is 0.706. The lowest BCUT2D eigenvalue weighted by Gasteiger charge is -2.38. The van der Waals surface area contributed by atoms with Gasteiger partial charge in [-0.25, -0.2) is 15.0 Å². The molecule has 3 fully saturated rings. The topological polar surface area (TPSA) is 137 Å². The summed E-state index contributed by atoms with van der Waals surface area (Å²) in [4.78, 5) is 13.2. The predicted molar refractivity (Wildman–Crippen MR) is 91.2 cm³/mol. The molecule has 9 nitrogen and oxygen atoms in total. The zero-order valence-electron chi connectivity index (χ0n) is 14.2. The number of aromatic nitrogens is 4. The van der Waals surface area contributed by atoms with E-state index < -0.39 is 23.5 Å². The van der Waals surface area contributed by atoms with Crippen LogP contribution in [-0.4, -0.2) is 71.4 Å². The van der Waals surface area contributed by atoms with Crippen molar-refractivity contribution in [3.63, 3.8) is 0 Å². The molecule has 0 spiro atoms. The molecular weight excluding hydrogens is 338 g/mol. The third kappa shape index (κ3) is 2.08. The molecule has 3 aliphatic rings. The minimum Gasteiger partial charge on any atom is -0.396 e. The molecule has 0 amide bonds. The van der Waals surface area contributed by atoms with Gasteiger partial charge in [-0.05, 0) is 19.3 Å². The van der Waals surface area contributed by atoms with E-state index in [2.05, 4.69) is 20.3 Å². The Morgan fingerprint density at radius 3 is 2.58 bits per heavy atom. The van der Waals surface area contributed by atoms with Crippen LogP contribution in [0.5, 0.6) is 0 Å². The van der Waals surface area contributed by atoms with Crippen LogP contribution in [0.15, 0.2) is 12.7 Å². The lowest BCUT2D eigenvalue weighted by atomic mass is 9.72. The minimum absolute atomic E-state index is 0.235. The van der Waals surface area contributed by atoms with Gasteiger partial charge < -0.3 is 30.3 Å². The van der Waals surface area contributed by atoms with E-state index in [0.717, 1.165) is 12.8 Å². The van der Waals surface area contributed by atoms with Crippen LogP contribution in [0.3, 0.4) is 0 Å². The van der Waals surface area contributed by atoms with Crippen molar-refractivity contribution >= 4 is 17.0 Å². The van der Waals surface area contributed by atoms with E-state index in [9.17, 15) is 20.4 Å². The number of hydrogen-bond donors (Lipinski definition) is 5. The Kier molecular flexibility index (Phi) is 3.52. The zero-order chi connectivity index (χ0) is 18.1. The van der Waals surface area contributed by atoms with Gasteiger partial charge in [0, 0.05) is 29.3 Å². The van der Waals surface area contributed by atoms with E-state index in [1.54, 1.807) is 6.33 Å². The maximum Gasteiger partial charge on any atom is 0.165 e. The Balaban J connectivity index is 1.59. The van der Waals surface area contributed by atoms with Crippen molar-refractivity contribution in [2.75, 3.05) is 18.5 Å². The van der Waals surface area contributed by atoms with E-state index in [-0.39, 0.29) is 25.2 Å². The van der Waals surface area contributed by atoms with Crippen molar-refractivity contribution < 1.29 is 20.4 Å². The molecule has 0 aliphatic heterocycles. The summed E-state index contributed by atoms with van der Waals surface area (Å²) in [5.41, 5.74) is 0.483. The van der Waals surface area contributed by atoms with E-state index in [1.165, 1.54) is 6.33 Å². The summed E-state index contributed by atoms with van der Waals surface area (Å²) in [5, 5.41) is 44.2. The standard InChI is InChI=1S/C17H23N5O4/c23-4-17(5-24)3-9-12(10(17)14(26)13(9)25)22-7-20-11-15(21-8-1-2-8)18-6-19-16(11)22/h6-10,12-14,23-26H,1-5H2,(H,18,19,21)/t9-,10+,12+,13+,14-/m0/s1. The molecule has 0 radical (unpaired) electrons. The Bertz CT molecular complexity index is 834. The van der Waals surface area contributed by atoms with Crippen LogP contribution >= 0.6 is 0 Å². The predicted octanol–water partition coefficient (Wildman–Crippen LogP) is -0.716. The van der Waals surface area contributed by atoms with Gasteiger partial charge in [0.15, 0.2) is 11.5 Å². The highest BCUT2D eigenvalue weighted by Crippen LogP contribution is 2.61. The fourth-order valence-corrected chi connectivity index (χ4v) is 5.07. The molecule has 3 saturated carbocycles. The van der Waals surface area contributed by atoms with Crippen LogP contribution < -0.4 is 5.32 Å². The first-order valence-corrected chi connectivity index (χ1v) is 9.11. The molecule has 0 unspecified atom stereocenters. The molecule has 3 aliphatic carbocycles. The van der Waals surface area contributed by atoms with E-state index >= 15 is 0 Å². The SMILES string of the molecule is OCC1(CO)C[C@@H]2[C@@H](O)[C@@H](O)[C@H]1[C@@H]2n1cnc2c(NC3CC3)ncnc21. The van der Waals surface area contributed by atoms with Gasteiger partial charge in [0.05, 0.1) is 31.7 Å². The van der Waals surface area contributed by atoms with Crippen molar-refractivity contribution in [2.24, 2.45) is 17.3 Å². The maximum atomic E-state index is 10.6. The van der Waals surface area contributed by atoms with Crippen molar-refractivity contribution in [1.82, 2.24) is 19.5 Å². The van der Waals surface area contributed by atoms with Gasteiger partial charge >= 0.3 is 0 Å². The second-order valence-electron chi connectivity index (χ2n) is 8.01. The first-order valence-electron chi connectivity index (χ1n) is 9.11. The van der Waals surface area contributed by atoms with Crippen molar-refractivity contribution in [3.05, 3.63) is 12.7 Å². The highest BCUT2D eigenvalue weighted by atomic mass is 16.3. The lowest BCUT2D eigenvalue weighted by Crippen LogP contribution is -2.47. The minimum atomic E-state index is -0.999. The van der Waals surface area contributed by atoms with Gasteiger partial charge in [0.25, 0.3) is 0 Å². The van der Waals surface area contributed by atoms with Crippen LogP contribution in [0.4, 0.5) is 5.82 Å². The van der Waals surface area contributed by atoms with Gasteiger partial charge in [-0.15, -0.1) is 0 Å². The highest BCUT2D eigenvalue weighted by Gasteiger charge is 2.65. The Morgan fingerprint density at radius 2 is 1.88 bits per heavy atom. The molecule has 2 aromatic heterocycles. The van der Waals surface area contributed by atoms with Crippen molar-refractivity contribution in [2.45, 2.75) is 43.6 Å². The average Bonchev–Trinajstić information content (AvgIpc) is 3.19. The van der Waals surface area contributed by atoms with Gasteiger partial charge in [-0.3, -0.25) is 0 Å². The number of nitrogens with one attached hydrogen (secondary N) is 1. The van der Waals surface area contributed by atoms with Crippen molar-refractivity contribution in [3.8, 4) is 0 Å². The quantitative estimate of drug-likeness (QED) is 0.471. The average molecular weight is 361 g/mol. The number of anilines is 1. The van der Waals surface area contributed by atoms with E-state index in [1.807, 2.05) is 4.57 Å². The summed E-state index contributed by atoms with van der Waals surface area (Å²) >= 11 is 0. The third-order valence-electron chi connectivity index (χ3n) is 6.54. The summed E-state index contributed by atoms with van der Waals surface area (Å²) in [5.74, 6) is -0.0514. The monoisotopic (exact) mass is 361 g/mol. The first-order chi connectivity index (χ1) is 12.6. The molecule has 5 atom stereocenters. The normalized spacial score (nSPS) is 35.3. The number of nitrogens with zero attached hydrogens (tertiary/aromatic N) is 4. The molecule has 0 aromatic carbocycles. The van der Waals surface area contributed by atoms with E-state index in [4.69, 9.17) is 0 Å². The smallest absolute Gasteiger partial charge is 0.165 e. The molecule has 9 heteroatoms. The number of aliphatic hydroxyl groups is 4. The van der Waals surface area contributed by atoms with E-state index in [0.29, 0.717) is 29.4 Å². The molecule has 5 rings (SSSR count). The number of aliphatic hydroxyl groups excluding tert-OH is 4. The third-order valence-corrected chi connectivity index (χ3v) is 6.54. The second kappa shape index (κ2) is 5.59. The van der Waals surface area contributed by atoms with Crippen LogP contribution in [0.2, 0.25) is 0 Å². The fourth-order valence-electron chi connectivity index (χ4n) is 5.07. The maximum absolute atomic E-state index is 10.6. The molecular formula is C17H23N5O4. The van der Waals surface area contributed by atoms with Crippen LogP contribution in [-0.2, 0) is 0 Å². The molecule has 5 N–H and O–H groups in total. The van der Waals surface area contributed by atoms with Crippen LogP contribution in [0, 0.1) is 17.3 Å². The van der Waals surface area contributed by atoms with Crippen LogP contribution in [0.1, 0.15) is 25.3 Å². The second-order valence-corrected chi connectivity index (χ2v) is 8.01. The first kappa shape index (κ1) is 16.4. The number of fused-ring (bicyclic) bond motifs is 3. The summed E-state index contributed by atoms with van der Waals surface area (Å²) < 4.78 is 1.87. The largest absolute Gasteiger partial charge is 0.396 e. The Labute approximate surface area is 149 Å². The van der Waals surface area contributed by atoms with Crippen molar-refractivity contribution in [1.29, 1.82) is 0 Å². The summed E-state index contributed by atoms with van der Waals surface area (Å²) in [6.45, 7) is -0.470. The molecule has 140 valence electrons. The lowest BCUT2D eigenvalue weighted by molar-refractivity contribution is -0.0982. The zero-order valence-corrected chi connectivity index (χ0v) is 14.2. The van der Waals surface area contributed by atoms with Gasteiger partial charge in [0.1, 0.15) is 11.8 Å². The molecule has 0 saturated heterocycles. The molecule has 2 heterocycles. The Hall–Kier alpha value is -1.81. The molecule has 26 heavy (non-hydrogen) atoms. The number of hydrogen-bond acceptors (Lipinski definition) is 8. The summed E-state index contributed by atoms with van der Waals surface area (Å²) in [6, 6.07) is 0.147. The molecule has 2 bridgehead atoms. The van der Waals surface area contributed by atoms with Gasteiger partial charge in [-0.2, -0.15) is 0 Å². The highest BCUT2D eigenvalue weighted by molar-refractivity contribution is 5.83. The Morgan fingerprint density at radius 1 is 1.12 bits per heavy atom. The van der Waals surface area contributed by atoms with Crippen LogP contribution in [0.25, 0.3) is 11.2 Å². The number of imidazole rings is 1. The summed E-state index contributed by atoms with van der Waals surface area (Å²) in [7, 11) is 0. The van der Waals surface area contributed by atoms with Gasteiger partial charge in [-0.1, -0.05) is 0 Å². The summed E-state index contributed by atoms with van der Waals surface area (Å²) in [6.07, 6.45) is 3.95.